The van der Waals surface area contributed by atoms with Gasteiger partial charge >= 0.3 is 0 Å². The highest BCUT2D eigenvalue weighted by Crippen LogP contribution is 2.24. The minimum absolute atomic E-state index is 0.0110. The summed E-state index contributed by atoms with van der Waals surface area (Å²) in [4.78, 5) is 28.9. The molecule has 34 heavy (non-hydrogen) atoms. The Morgan fingerprint density at radius 2 is 1.79 bits per heavy atom. The van der Waals surface area contributed by atoms with Gasteiger partial charge in [-0.25, -0.2) is 4.68 Å². The summed E-state index contributed by atoms with van der Waals surface area (Å²) in [6.45, 7) is 9.41. The van der Waals surface area contributed by atoms with Crippen LogP contribution in [0.2, 0.25) is 0 Å². The molecule has 0 aliphatic carbocycles. The first-order valence-electron chi connectivity index (χ1n) is 11.9. The molecule has 8 nitrogen and oxygen atoms in total. The van der Waals surface area contributed by atoms with Crippen molar-refractivity contribution in [2.24, 2.45) is 0 Å². The van der Waals surface area contributed by atoms with Gasteiger partial charge in [0.25, 0.3) is 0 Å². The third-order valence-electron chi connectivity index (χ3n) is 5.94. The monoisotopic (exact) mass is 465 g/mol. The molecule has 1 atom stereocenters. The van der Waals surface area contributed by atoms with Crippen LogP contribution in [0, 0.1) is 0 Å². The number of carbonyl (C=O) groups excluding carboxylic acids is 2. The molecule has 0 spiro atoms. The number of nitrogens with zero attached hydrogens (tertiary/aromatic N) is 4. The summed E-state index contributed by atoms with van der Waals surface area (Å²) in [5.41, 5.74) is 1.87. The minimum Gasteiger partial charge on any atom is -0.382 e. The number of hydrogen-bond acceptors (Lipinski definition) is 5. The van der Waals surface area contributed by atoms with E-state index in [9.17, 15) is 9.59 Å². The molecule has 0 fully saturated rings. The zero-order valence-electron chi connectivity index (χ0n) is 20.5. The van der Waals surface area contributed by atoms with Crippen molar-refractivity contribution < 1.29 is 14.3 Å². The molecule has 182 valence electrons. The van der Waals surface area contributed by atoms with Gasteiger partial charge in [-0.2, -0.15) is 0 Å². The van der Waals surface area contributed by atoms with E-state index >= 15 is 0 Å². The molecule has 0 aliphatic heterocycles. The lowest BCUT2D eigenvalue weighted by Crippen LogP contribution is -2.51. The number of benzene rings is 2. The zero-order chi connectivity index (χ0) is 24.6. The summed E-state index contributed by atoms with van der Waals surface area (Å²) in [6, 6.07) is 16.2. The van der Waals surface area contributed by atoms with E-state index in [4.69, 9.17) is 4.74 Å². The Kier molecular flexibility index (Phi) is 8.76. The highest BCUT2D eigenvalue weighted by molar-refractivity contribution is 5.89. The number of hydrogen-bond donors (Lipinski definition) is 1. The van der Waals surface area contributed by atoms with Crippen molar-refractivity contribution in [1.82, 2.24) is 25.2 Å². The summed E-state index contributed by atoms with van der Waals surface area (Å²) in [5.74, 6) is -0.406. The number of rotatable bonds is 12. The lowest BCUT2D eigenvalue weighted by atomic mass is 9.98. The van der Waals surface area contributed by atoms with Crippen LogP contribution >= 0.6 is 0 Å². The molecule has 0 aliphatic rings. The second-order valence-electron chi connectivity index (χ2n) is 8.91. The molecule has 0 radical (unpaired) electrons. The Bertz CT molecular complexity index is 1080. The minimum atomic E-state index is -0.768. The van der Waals surface area contributed by atoms with Crippen LogP contribution in [0.25, 0.3) is 11.0 Å². The van der Waals surface area contributed by atoms with E-state index in [1.54, 1.807) is 9.58 Å². The maximum atomic E-state index is 13.7. The third-order valence-corrected chi connectivity index (χ3v) is 5.94. The normalized spacial score (nSPS) is 12.5. The van der Waals surface area contributed by atoms with Crippen molar-refractivity contribution in [2.75, 3.05) is 19.8 Å². The molecule has 1 N–H and O–H groups in total. The molecule has 2 amide bonds. The van der Waals surface area contributed by atoms with E-state index in [0.717, 1.165) is 23.0 Å². The quantitative estimate of drug-likeness (QED) is 0.412. The van der Waals surface area contributed by atoms with Gasteiger partial charge in [0.15, 0.2) is 0 Å². The summed E-state index contributed by atoms with van der Waals surface area (Å²) in [7, 11) is 0. The smallest absolute Gasteiger partial charge is 0.247 e. The van der Waals surface area contributed by atoms with Gasteiger partial charge in [-0.1, -0.05) is 54.6 Å². The van der Waals surface area contributed by atoms with Crippen LogP contribution in [-0.2, 0) is 20.9 Å². The Morgan fingerprint density at radius 1 is 1.09 bits per heavy atom. The Balaban J connectivity index is 1.94. The molecule has 0 saturated carbocycles. The number of nitrogens with one attached hydrogen (secondary N) is 1. The van der Waals surface area contributed by atoms with Gasteiger partial charge in [-0.05, 0) is 51.3 Å². The molecule has 2 aromatic carbocycles. The van der Waals surface area contributed by atoms with Crippen LogP contribution in [-0.4, -0.2) is 57.0 Å². The third kappa shape index (κ3) is 6.41. The number of para-hydroxylation sites is 1. The van der Waals surface area contributed by atoms with E-state index in [2.05, 4.69) is 15.6 Å². The van der Waals surface area contributed by atoms with Gasteiger partial charge in [-0.15, -0.1) is 5.10 Å². The molecular weight excluding hydrogens is 430 g/mol. The largest absolute Gasteiger partial charge is 0.382 e. The lowest BCUT2D eigenvalue weighted by Gasteiger charge is -2.34. The Morgan fingerprint density at radius 3 is 2.50 bits per heavy atom. The predicted molar refractivity (Wildman–Crippen MR) is 132 cm³/mol. The lowest BCUT2D eigenvalue weighted by molar-refractivity contribution is -0.142. The van der Waals surface area contributed by atoms with Crippen LogP contribution in [0.4, 0.5) is 0 Å². The van der Waals surface area contributed by atoms with Crippen molar-refractivity contribution in [1.29, 1.82) is 0 Å². The first kappa shape index (κ1) is 25.4. The highest BCUT2D eigenvalue weighted by Gasteiger charge is 2.33. The van der Waals surface area contributed by atoms with E-state index in [1.807, 2.05) is 82.3 Å². The van der Waals surface area contributed by atoms with E-state index in [0.29, 0.717) is 26.2 Å². The SMILES string of the molecule is CCOCCCN(C(=O)Cn1nnc2ccccc21)[C@H](C(=O)NC(C)(C)CC)c1ccccc1. The number of fused-ring (bicyclic) bond motifs is 1. The molecule has 1 aromatic heterocycles. The average Bonchev–Trinajstić information content (AvgIpc) is 3.24. The van der Waals surface area contributed by atoms with Gasteiger partial charge in [0, 0.05) is 25.3 Å². The van der Waals surface area contributed by atoms with Crippen LogP contribution < -0.4 is 5.32 Å². The molecule has 0 bridgehead atoms. The fourth-order valence-electron chi connectivity index (χ4n) is 3.73. The van der Waals surface area contributed by atoms with Crippen LogP contribution in [0.5, 0.6) is 0 Å². The summed E-state index contributed by atoms with van der Waals surface area (Å²) in [6.07, 6.45) is 1.38. The zero-order valence-corrected chi connectivity index (χ0v) is 20.5. The van der Waals surface area contributed by atoms with Crippen molar-refractivity contribution in [3.8, 4) is 0 Å². The molecule has 3 rings (SSSR count). The van der Waals surface area contributed by atoms with Gasteiger partial charge in [0.05, 0.1) is 5.52 Å². The molecular formula is C26H35N5O3. The number of amides is 2. The van der Waals surface area contributed by atoms with Crippen LogP contribution in [0.3, 0.4) is 0 Å². The first-order chi connectivity index (χ1) is 16.4. The van der Waals surface area contributed by atoms with Gasteiger partial charge in [0.1, 0.15) is 18.1 Å². The molecule has 0 unspecified atom stereocenters. The summed E-state index contributed by atoms with van der Waals surface area (Å²) in [5, 5.41) is 11.5. The molecule has 3 aromatic rings. The fourth-order valence-corrected chi connectivity index (χ4v) is 3.73. The molecule has 8 heteroatoms. The topological polar surface area (TPSA) is 89.3 Å². The molecule has 0 saturated heterocycles. The Hall–Kier alpha value is -3.26. The van der Waals surface area contributed by atoms with E-state index in [1.165, 1.54) is 0 Å². The maximum absolute atomic E-state index is 13.7. The standard InChI is InChI=1S/C26H35N5O3/c1-5-26(3,4)27-25(33)24(20-13-8-7-9-14-20)30(17-12-18-34-6-2)23(32)19-31-22-16-11-10-15-21(22)28-29-31/h7-11,13-16,24H,5-6,12,17-19H2,1-4H3,(H,27,33)/t24-/m0/s1. The number of ether oxygens (including phenoxy) is 1. The van der Waals surface area contributed by atoms with Gasteiger partial charge in [-0.3, -0.25) is 9.59 Å². The molecule has 1 heterocycles. The first-order valence-corrected chi connectivity index (χ1v) is 11.9. The summed E-state index contributed by atoms with van der Waals surface area (Å²) < 4.78 is 7.09. The van der Waals surface area contributed by atoms with Gasteiger partial charge in [0.2, 0.25) is 11.8 Å². The predicted octanol–water partition coefficient (Wildman–Crippen LogP) is 3.73. The van der Waals surface area contributed by atoms with Crippen molar-refractivity contribution >= 4 is 22.8 Å². The maximum Gasteiger partial charge on any atom is 0.247 e. The fraction of sp³-hybridized carbons (Fsp3) is 0.462. The second kappa shape index (κ2) is 11.7. The Labute approximate surface area is 201 Å². The summed E-state index contributed by atoms with van der Waals surface area (Å²) >= 11 is 0. The van der Waals surface area contributed by atoms with Crippen LogP contribution in [0.15, 0.2) is 54.6 Å². The van der Waals surface area contributed by atoms with Gasteiger partial charge < -0.3 is 15.0 Å². The highest BCUT2D eigenvalue weighted by atomic mass is 16.5. The number of aromatic nitrogens is 3. The van der Waals surface area contributed by atoms with E-state index in [-0.39, 0.29) is 18.4 Å². The van der Waals surface area contributed by atoms with Crippen LogP contribution in [0.1, 0.15) is 52.1 Å². The van der Waals surface area contributed by atoms with Crippen molar-refractivity contribution in [3.05, 3.63) is 60.2 Å². The van der Waals surface area contributed by atoms with E-state index < -0.39 is 11.6 Å². The average molecular weight is 466 g/mol. The number of carbonyl (C=O) groups is 2. The van der Waals surface area contributed by atoms with Crippen molar-refractivity contribution in [3.63, 3.8) is 0 Å². The second-order valence-corrected chi connectivity index (χ2v) is 8.91. The van der Waals surface area contributed by atoms with Crippen molar-refractivity contribution in [2.45, 2.75) is 58.7 Å².